The Hall–Kier alpha value is -1.39. The molecule has 0 aliphatic carbocycles. The summed E-state index contributed by atoms with van der Waals surface area (Å²) in [6.45, 7) is 4.15. The maximum Gasteiger partial charge on any atom is 0.340 e. The maximum atomic E-state index is 12.6. The quantitative estimate of drug-likeness (QED) is 0.527. The van der Waals surface area contributed by atoms with Crippen molar-refractivity contribution < 1.29 is 17.9 Å². The van der Waals surface area contributed by atoms with E-state index in [0.717, 1.165) is 23.5 Å². The van der Waals surface area contributed by atoms with Crippen molar-refractivity contribution in [1.82, 2.24) is 9.62 Å². The molecule has 0 radical (unpaired) electrons. The second-order valence-corrected chi connectivity index (χ2v) is 10.4. The summed E-state index contributed by atoms with van der Waals surface area (Å²) in [6, 6.07) is 8.46. The fourth-order valence-electron chi connectivity index (χ4n) is 3.31. The van der Waals surface area contributed by atoms with Crippen molar-refractivity contribution in [2.45, 2.75) is 35.5 Å². The van der Waals surface area contributed by atoms with Gasteiger partial charge in [0.2, 0.25) is 0 Å². The number of benzene rings is 1. The Morgan fingerprint density at radius 2 is 2.04 bits per heavy atom. The Labute approximate surface area is 174 Å². The molecule has 28 heavy (non-hydrogen) atoms. The molecule has 2 aromatic rings. The van der Waals surface area contributed by atoms with E-state index in [1.807, 2.05) is 0 Å². The van der Waals surface area contributed by atoms with E-state index < -0.39 is 16.0 Å². The van der Waals surface area contributed by atoms with Crippen LogP contribution in [0.3, 0.4) is 0 Å². The lowest BCUT2D eigenvalue weighted by atomic mass is 10.0. The van der Waals surface area contributed by atoms with Crippen LogP contribution >= 0.6 is 23.1 Å². The minimum atomic E-state index is -3.73. The second kappa shape index (κ2) is 8.96. The van der Waals surface area contributed by atoms with Crippen molar-refractivity contribution in [3.05, 3.63) is 45.8 Å². The van der Waals surface area contributed by atoms with E-state index in [2.05, 4.69) is 40.1 Å². The Morgan fingerprint density at radius 1 is 1.32 bits per heavy atom. The molecule has 152 valence electrons. The average Bonchev–Trinajstić information content (AvgIpc) is 3.07. The van der Waals surface area contributed by atoms with Crippen LogP contribution in [0.1, 0.15) is 33.3 Å². The number of carbonyl (C=O) groups excluding carboxylic acids is 1. The molecule has 9 heteroatoms. The number of hydrogen-bond acceptors (Lipinski definition) is 7. The van der Waals surface area contributed by atoms with Gasteiger partial charge in [-0.25, -0.2) is 17.9 Å². The summed E-state index contributed by atoms with van der Waals surface area (Å²) in [6.07, 6.45) is 2.68. The molecule has 1 N–H and O–H groups in total. The molecule has 2 heterocycles. The van der Waals surface area contributed by atoms with Crippen LogP contribution in [0.4, 0.5) is 0 Å². The zero-order chi connectivity index (χ0) is 20.3. The lowest BCUT2D eigenvalue weighted by Crippen LogP contribution is -2.30. The van der Waals surface area contributed by atoms with E-state index in [4.69, 9.17) is 4.74 Å². The summed E-state index contributed by atoms with van der Waals surface area (Å²) in [5, 5.41) is 0. The summed E-state index contributed by atoms with van der Waals surface area (Å²) in [5.41, 5.74) is 2.22. The summed E-state index contributed by atoms with van der Waals surface area (Å²) >= 11 is 2.89. The van der Waals surface area contributed by atoms with Gasteiger partial charge in [0.25, 0.3) is 10.0 Å². The third-order valence-corrected chi connectivity index (χ3v) is 8.66. The van der Waals surface area contributed by atoms with Crippen molar-refractivity contribution in [3.63, 3.8) is 0 Å². The van der Waals surface area contributed by atoms with E-state index in [-0.39, 0.29) is 16.3 Å². The lowest BCUT2D eigenvalue weighted by Gasteiger charge is -2.27. The molecule has 1 aliphatic heterocycles. The van der Waals surface area contributed by atoms with Gasteiger partial charge >= 0.3 is 5.97 Å². The van der Waals surface area contributed by atoms with Crippen LogP contribution < -0.4 is 4.72 Å². The molecule has 6 nitrogen and oxygen atoms in total. The molecular weight excluding hydrogens is 416 g/mol. The highest BCUT2D eigenvalue weighted by Crippen LogP contribution is 2.37. The standard InChI is InChI=1S/C19H24N2O4S3/c1-4-20-28(23,24)19-17(18(22)25-2)15-9-10-21(12-16(15)27-19)11-13-5-7-14(26-3)8-6-13/h5-8,20H,4,9-12H2,1-3H3. The summed E-state index contributed by atoms with van der Waals surface area (Å²) in [5.74, 6) is -0.588. The van der Waals surface area contributed by atoms with Gasteiger partial charge < -0.3 is 4.74 Å². The van der Waals surface area contributed by atoms with Gasteiger partial charge in [0.15, 0.2) is 0 Å². The lowest BCUT2D eigenvalue weighted by molar-refractivity contribution is 0.0595. The topological polar surface area (TPSA) is 75.7 Å². The Bertz CT molecular complexity index is 952. The van der Waals surface area contributed by atoms with Crippen LogP contribution in [0.15, 0.2) is 33.4 Å². The van der Waals surface area contributed by atoms with Gasteiger partial charge in [0.1, 0.15) is 4.21 Å². The molecule has 3 rings (SSSR count). The average molecular weight is 441 g/mol. The minimum Gasteiger partial charge on any atom is -0.465 e. The number of esters is 1. The van der Waals surface area contributed by atoms with Gasteiger partial charge in [-0.3, -0.25) is 4.90 Å². The van der Waals surface area contributed by atoms with E-state index in [0.29, 0.717) is 13.0 Å². The maximum absolute atomic E-state index is 12.6. The van der Waals surface area contributed by atoms with E-state index in [1.54, 1.807) is 18.7 Å². The third kappa shape index (κ3) is 4.44. The van der Waals surface area contributed by atoms with Crippen LogP contribution in [0.2, 0.25) is 0 Å². The number of sulfonamides is 1. The number of hydrogen-bond donors (Lipinski definition) is 1. The van der Waals surface area contributed by atoms with Crippen LogP contribution in [0.5, 0.6) is 0 Å². The SMILES string of the molecule is CCNS(=O)(=O)c1sc2c(c1C(=O)OC)CCN(Cc1ccc(SC)cc1)C2. The van der Waals surface area contributed by atoms with Crippen molar-refractivity contribution in [1.29, 1.82) is 0 Å². The molecule has 0 amide bonds. The summed E-state index contributed by atoms with van der Waals surface area (Å²) < 4.78 is 32.6. The number of carbonyl (C=O) groups is 1. The van der Waals surface area contributed by atoms with Crippen molar-refractivity contribution in [2.24, 2.45) is 0 Å². The van der Waals surface area contributed by atoms with Crippen LogP contribution in [-0.2, 0) is 34.3 Å². The highest BCUT2D eigenvalue weighted by atomic mass is 32.2. The number of thioether (sulfide) groups is 1. The number of methoxy groups -OCH3 is 1. The largest absolute Gasteiger partial charge is 0.465 e. The molecule has 0 saturated heterocycles. The zero-order valence-electron chi connectivity index (χ0n) is 16.1. The Balaban J connectivity index is 1.88. The first-order chi connectivity index (χ1) is 13.4. The number of nitrogens with zero attached hydrogens (tertiary/aromatic N) is 1. The van der Waals surface area contributed by atoms with Gasteiger partial charge in [0, 0.05) is 36.0 Å². The number of fused-ring (bicyclic) bond motifs is 1. The second-order valence-electron chi connectivity index (χ2n) is 6.47. The van der Waals surface area contributed by atoms with Gasteiger partial charge in [-0.2, -0.15) is 0 Å². The van der Waals surface area contributed by atoms with Gasteiger partial charge in [0.05, 0.1) is 12.7 Å². The summed E-state index contributed by atoms with van der Waals surface area (Å²) in [7, 11) is -2.45. The fourth-order valence-corrected chi connectivity index (χ4v) is 6.73. The molecule has 0 atom stereocenters. The normalized spacial score (nSPS) is 14.7. The molecule has 1 aromatic carbocycles. The number of rotatable bonds is 7. The molecule has 1 aliphatic rings. The Morgan fingerprint density at radius 3 is 2.64 bits per heavy atom. The fraction of sp³-hybridized carbons (Fsp3) is 0.421. The van der Waals surface area contributed by atoms with Crippen molar-refractivity contribution >= 4 is 39.1 Å². The van der Waals surface area contributed by atoms with Crippen molar-refractivity contribution in [2.75, 3.05) is 26.5 Å². The van der Waals surface area contributed by atoms with Crippen molar-refractivity contribution in [3.8, 4) is 0 Å². The number of ether oxygens (including phenoxy) is 1. The first-order valence-corrected chi connectivity index (χ1v) is 12.5. The van der Waals surface area contributed by atoms with E-state index >= 15 is 0 Å². The molecule has 0 fully saturated rings. The first kappa shape index (κ1) is 21.3. The van der Waals surface area contributed by atoms with Crippen LogP contribution in [0.25, 0.3) is 0 Å². The van der Waals surface area contributed by atoms with Gasteiger partial charge in [-0.05, 0) is 35.9 Å². The predicted molar refractivity (Wildman–Crippen MR) is 113 cm³/mol. The predicted octanol–water partition coefficient (Wildman–Crippen LogP) is 3.11. The highest BCUT2D eigenvalue weighted by Gasteiger charge is 2.33. The smallest absolute Gasteiger partial charge is 0.340 e. The molecule has 0 bridgehead atoms. The van der Waals surface area contributed by atoms with E-state index in [9.17, 15) is 13.2 Å². The first-order valence-electron chi connectivity index (χ1n) is 8.97. The molecule has 0 spiro atoms. The number of nitrogens with one attached hydrogen (secondary N) is 1. The molecular formula is C19H24N2O4S3. The van der Waals surface area contributed by atoms with Crippen LogP contribution in [-0.4, -0.2) is 45.7 Å². The third-order valence-electron chi connectivity index (χ3n) is 4.64. The number of thiophene rings is 1. The van der Waals surface area contributed by atoms with E-state index in [1.165, 1.54) is 28.9 Å². The highest BCUT2D eigenvalue weighted by molar-refractivity contribution is 7.98. The van der Waals surface area contributed by atoms with Gasteiger partial charge in [-0.15, -0.1) is 23.1 Å². The summed E-state index contributed by atoms with van der Waals surface area (Å²) in [4.78, 5) is 16.7. The monoisotopic (exact) mass is 440 g/mol. The molecule has 1 aromatic heterocycles. The van der Waals surface area contributed by atoms with Gasteiger partial charge in [-0.1, -0.05) is 19.1 Å². The molecule has 0 saturated carbocycles. The minimum absolute atomic E-state index is 0.0670. The Kier molecular flexibility index (Phi) is 6.82. The van der Waals surface area contributed by atoms with Crippen LogP contribution in [0, 0.1) is 0 Å². The zero-order valence-corrected chi connectivity index (χ0v) is 18.6. The molecule has 0 unspecified atom stereocenters.